The van der Waals surface area contributed by atoms with Gasteiger partial charge < -0.3 is 10.1 Å². The molecule has 0 spiro atoms. The summed E-state index contributed by atoms with van der Waals surface area (Å²) in [6, 6.07) is 8.03. The van der Waals surface area contributed by atoms with Gasteiger partial charge in [-0.1, -0.05) is 26.0 Å². The van der Waals surface area contributed by atoms with Crippen LogP contribution in [0.5, 0.6) is 5.75 Å². The van der Waals surface area contributed by atoms with Gasteiger partial charge >= 0.3 is 0 Å². The van der Waals surface area contributed by atoms with E-state index < -0.39 is 0 Å². The van der Waals surface area contributed by atoms with Gasteiger partial charge in [-0.25, -0.2) is 0 Å². The zero-order valence-corrected chi connectivity index (χ0v) is 12.7. The maximum atomic E-state index is 5.29. The maximum absolute atomic E-state index is 5.29. The Bertz CT molecular complexity index is 561. The molecule has 0 radical (unpaired) electrons. The van der Waals surface area contributed by atoms with Gasteiger partial charge in [0.15, 0.2) is 0 Å². The summed E-state index contributed by atoms with van der Waals surface area (Å²) in [5, 5.41) is 8.04. The van der Waals surface area contributed by atoms with Crippen LogP contribution in [0.3, 0.4) is 0 Å². The predicted molar refractivity (Wildman–Crippen MR) is 81.7 cm³/mol. The molecule has 0 aliphatic rings. The SMILES string of the molecule is COc1cccc(-c2nn(C)cc2CNCC(C)C)c1. The number of hydrogen-bond acceptors (Lipinski definition) is 3. The Hall–Kier alpha value is -1.81. The van der Waals surface area contributed by atoms with Crippen molar-refractivity contribution in [2.24, 2.45) is 13.0 Å². The van der Waals surface area contributed by atoms with E-state index in [1.165, 1.54) is 5.56 Å². The van der Waals surface area contributed by atoms with Crippen LogP contribution in [0.15, 0.2) is 30.5 Å². The summed E-state index contributed by atoms with van der Waals surface area (Å²) >= 11 is 0. The first kappa shape index (κ1) is 14.6. The van der Waals surface area contributed by atoms with E-state index in [9.17, 15) is 0 Å². The van der Waals surface area contributed by atoms with Gasteiger partial charge in [0, 0.05) is 30.9 Å². The summed E-state index contributed by atoms with van der Waals surface area (Å²) in [5.74, 6) is 1.50. The number of rotatable bonds is 6. The van der Waals surface area contributed by atoms with Crippen molar-refractivity contribution in [3.05, 3.63) is 36.0 Å². The van der Waals surface area contributed by atoms with Gasteiger partial charge in [0.05, 0.1) is 12.8 Å². The molecule has 2 aromatic rings. The van der Waals surface area contributed by atoms with Gasteiger partial charge in [-0.2, -0.15) is 5.10 Å². The average molecular weight is 273 g/mol. The van der Waals surface area contributed by atoms with E-state index in [2.05, 4.69) is 36.5 Å². The fraction of sp³-hybridized carbons (Fsp3) is 0.438. The summed E-state index contributed by atoms with van der Waals surface area (Å²) in [7, 11) is 3.64. The molecular formula is C16H23N3O. The lowest BCUT2D eigenvalue weighted by Crippen LogP contribution is -2.19. The Morgan fingerprint density at radius 3 is 2.85 bits per heavy atom. The van der Waals surface area contributed by atoms with E-state index in [0.29, 0.717) is 5.92 Å². The second-order valence-electron chi connectivity index (χ2n) is 5.43. The molecule has 0 atom stereocenters. The third-order valence-electron chi connectivity index (χ3n) is 3.12. The highest BCUT2D eigenvalue weighted by Gasteiger charge is 2.10. The molecule has 1 aromatic heterocycles. The molecule has 1 aromatic carbocycles. The van der Waals surface area contributed by atoms with Crippen molar-refractivity contribution in [1.29, 1.82) is 0 Å². The highest BCUT2D eigenvalue weighted by Crippen LogP contribution is 2.25. The molecular weight excluding hydrogens is 250 g/mol. The van der Waals surface area contributed by atoms with Crippen LogP contribution in [0.1, 0.15) is 19.4 Å². The Morgan fingerprint density at radius 2 is 2.15 bits per heavy atom. The highest BCUT2D eigenvalue weighted by molar-refractivity contribution is 5.64. The highest BCUT2D eigenvalue weighted by atomic mass is 16.5. The minimum absolute atomic E-state index is 0.645. The number of benzene rings is 1. The Balaban J connectivity index is 2.22. The van der Waals surface area contributed by atoms with Crippen LogP contribution in [0.25, 0.3) is 11.3 Å². The lowest BCUT2D eigenvalue weighted by molar-refractivity contribution is 0.415. The van der Waals surface area contributed by atoms with E-state index in [-0.39, 0.29) is 0 Å². The summed E-state index contributed by atoms with van der Waals surface area (Å²) in [5.41, 5.74) is 3.32. The van der Waals surface area contributed by atoms with Crippen LogP contribution in [0, 0.1) is 5.92 Å². The van der Waals surface area contributed by atoms with Crippen molar-refractivity contribution in [2.45, 2.75) is 20.4 Å². The van der Waals surface area contributed by atoms with Crippen molar-refractivity contribution < 1.29 is 4.74 Å². The van der Waals surface area contributed by atoms with Gasteiger partial charge in [0.2, 0.25) is 0 Å². The molecule has 4 heteroatoms. The zero-order chi connectivity index (χ0) is 14.5. The van der Waals surface area contributed by atoms with E-state index in [4.69, 9.17) is 4.74 Å². The molecule has 1 heterocycles. The predicted octanol–water partition coefficient (Wildman–Crippen LogP) is 2.84. The molecule has 4 nitrogen and oxygen atoms in total. The molecule has 0 saturated carbocycles. The van der Waals surface area contributed by atoms with E-state index in [1.54, 1.807) is 7.11 Å². The smallest absolute Gasteiger partial charge is 0.119 e. The molecule has 108 valence electrons. The van der Waals surface area contributed by atoms with Crippen molar-refractivity contribution >= 4 is 0 Å². The lowest BCUT2D eigenvalue weighted by atomic mass is 10.1. The first-order chi connectivity index (χ1) is 9.60. The van der Waals surface area contributed by atoms with Crippen LogP contribution in [0.4, 0.5) is 0 Å². The summed E-state index contributed by atoms with van der Waals surface area (Å²) in [4.78, 5) is 0. The van der Waals surface area contributed by atoms with Gasteiger partial charge in [-0.05, 0) is 24.6 Å². The number of aromatic nitrogens is 2. The molecule has 0 saturated heterocycles. The number of ether oxygens (including phenoxy) is 1. The van der Waals surface area contributed by atoms with Crippen molar-refractivity contribution in [3.63, 3.8) is 0 Å². The van der Waals surface area contributed by atoms with Crippen molar-refractivity contribution in [3.8, 4) is 17.0 Å². The van der Waals surface area contributed by atoms with E-state index in [1.807, 2.05) is 29.9 Å². The number of nitrogens with zero attached hydrogens (tertiary/aromatic N) is 2. The minimum atomic E-state index is 0.645. The molecule has 2 rings (SSSR count). The molecule has 0 fully saturated rings. The van der Waals surface area contributed by atoms with E-state index >= 15 is 0 Å². The summed E-state index contributed by atoms with van der Waals surface area (Å²) in [6.45, 7) is 6.25. The fourth-order valence-corrected chi connectivity index (χ4v) is 2.18. The number of nitrogens with one attached hydrogen (secondary N) is 1. The number of methoxy groups -OCH3 is 1. The summed E-state index contributed by atoms with van der Waals surface area (Å²) < 4.78 is 7.15. The van der Waals surface area contributed by atoms with Gasteiger partial charge in [-0.15, -0.1) is 0 Å². The van der Waals surface area contributed by atoms with E-state index in [0.717, 1.165) is 30.1 Å². The molecule has 1 N–H and O–H groups in total. The zero-order valence-electron chi connectivity index (χ0n) is 12.7. The van der Waals surface area contributed by atoms with Gasteiger partial charge in [0.1, 0.15) is 5.75 Å². The topological polar surface area (TPSA) is 39.1 Å². The van der Waals surface area contributed by atoms with Crippen LogP contribution in [-0.4, -0.2) is 23.4 Å². The second-order valence-corrected chi connectivity index (χ2v) is 5.43. The van der Waals surface area contributed by atoms with Crippen molar-refractivity contribution in [1.82, 2.24) is 15.1 Å². The van der Waals surface area contributed by atoms with Crippen LogP contribution < -0.4 is 10.1 Å². The molecule has 20 heavy (non-hydrogen) atoms. The lowest BCUT2D eigenvalue weighted by Gasteiger charge is -2.08. The Morgan fingerprint density at radius 1 is 1.35 bits per heavy atom. The van der Waals surface area contributed by atoms with Crippen LogP contribution >= 0.6 is 0 Å². The molecule has 0 amide bonds. The molecule has 0 aliphatic carbocycles. The second kappa shape index (κ2) is 6.57. The third kappa shape index (κ3) is 3.61. The first-order valence-electron chi connectivity index (χ1n) is 6.98. The van der Waals surface area contributed by atoms with Crippen molar-refractivity contribution in [2.75, 3.05) is 13.7 Å². The summed E-state index contributed by atoms with van der Waals surface area (Å²) in [6.07, 6.45) is 2.07. The van der Waals surface area contributed by atoms with Crippen LogP contribution in [0.2, 0.25) is 0 Å². The largest absolute Gasteiger partial charge is 0.497 e. The fourth-order valence-electron chi connectivity index (χ4n) is 2.18. The molecule has 0 aliphatic heterocycles. The Kier molecular flexibility index (Phi) is 4.79. The van der Waals surface area contributed by atoms with Crippen LogP contribution in [-0.2, 0) is 13.6 Å². The molecule has 0 unspecified atom stereocenters. The Labute approximate surface area is 120 Å². The monoisotopic (exact) mass is 273 g/mol. The third-order valence-corrected chi connectivity index (χ3v) is 3.12. The maximum Gasteiger partial charge on any atom is 0.119 e. The standard InChI is InChI=1S/C16H23N3O/c1-12(2)9-17-10-14-11-19(3)18-16(14)13-6-5-7-15(8-13)20-4/h5-8,11-12,17H,9-10H2,1-4H3. The van der Waals surface area contributed by atoms with Gasteiger partial charge in [-0.3, -0.25) is 4.68 Å². The quantitative estimate of drug-likeness (QED) is 0.879. The first-order valence-corrected chi connectivity index (χ1v) is 6.98. The number of aryl methyl sites for hydroxylation is 1. The normalized spacial score (nSPS) is 11.1. The van der Waals surface area contributed by atoms with Gasteiger partial charge in [0.25, 0.3) is 0 Å². The number of hydrogen-bond donors (Lipinski definition) is 1. The minimum Gasteiger partial charge on any atom is -0.497 e. The molecule has 0 bridgehead atoms. The average Bonchev–Trinajstić information content (AvgIpc) is 2.79.